The van der Waals surface area contributed by atoms with Gasteiger partial charge in [-0.05, 0) is 32.4 Å². The summed E-state index contributed by atoms with van der Waals surface area (Å²) in [6.45, 7) is 4.20. The van der Waals surface area contributed by atoms with Crippen molar-refractivity contribution < 1.29 is 14.7 Å². The summed E-state index contributed by atoms with van der Waals surface area (Å²) >= 11 is 5.93. The molecule has 0 aliphatic rings. The molecule has 1 rings (SSSR count). The highest BCUT2D eigenvalue weighted by Gasteiger charge is 2.18. The van der Waals surface area contributed by atoms with Gasteiger partial charge in [0.15, 0.2) is 0 Å². The molecule has 2 amide bonds. The molecule has 0 saturated carbocycles. The summed E-state index contributed by atoms with van der Waals surface area (Å²) in [5.74, 6) is -0.557. The number of carbonyl (C=O) groups is 2. The Morgan fingerprint density at radius 2 is 2.00 bits per heavy atom. The number of aliphatic hydroxyl groups is 1. The van der Waals surface area contributed by atoms with Gasteiger partial charge in [-0.3, -0.25) is 9.59 Å². The number of amides is 2. The minimum absolute atomic E-state index is 0.0151. The predicted molar refractivity (Wildman–Crippen MR) is 82.3 cm³/mol. The zero-order valence-corrected chi connectivity index (χ0v) is 13.1. The number of nitrogens with zero attached hydrogens (tertiary/aromatic N) is 1. The molecule has 1 aromatic rings. The van der Waals surface area contributed by atoms with Crippen LogP contribution >= 0.6 is 11.6 Å². The minimum atomic E-state index is -0.375. The van der Waals surface area contributed by atoms with E-state index in [-0.39, 0.29) is 31.0 Å². The number of hydrogen-bond donors (Lipinski definition) is 2. The Hall–Kier alpha value is -1.59. The first-order valence-corrected chi connectivity index (χ1v) is 7.28. The quantitative estimate of drug-likeness (QED) is 0.805. The Morgan fingerprint density at radius 3 is 2.57 bits per heavy atom. The van der Waals surface area contributed by atoms with Crippen molar-refractivity contribution in [3.05, 3.63) is 34.9 Å². The van der Waals surface area contributed by atoms with Gasteiger partial charge in [0.2, 0.25) is 5.91 Å². The summed E-state index contributed by atoms with van der Waals surface area (Å²) in [6.07, 6.45) is 0.516. The molecule has 0 fully saturated rings. The average Bonchev–Trinajstić information content (AvgIpc) is 2.45. The van der Waals surface area contributed by atoms with E-state index in [2.05, 4.69) is 5.32 Å². The van der Waals surface area contributed by atoms with Gasteiger partial charge in [-0.2, -0.15) is 0 Å². The van der Waals surface area contributed by atoms with Crippen molar-refractivity contribution in [2.45, 2.75) is 26.3 Å². The number of carbonyl (C=O) groups excluding carboxylic acids is 2. The van der Waals surface area contributed by atoms with Gasteiger partial charge < -0.3 is 15.3 Å². The van der Waals surface area contributed by atoms with Crippen molar-refractivity contribution in [2.75, 3.05) is 19.7 Å². The molecule has 0 aromatic heterocycles. The lowest BCUT2D eigenvalue weighted by Crippen LogP contribution is -2.44. The highest BCUT2D eigenvalue weighted by Crippen LogP contribution is 2.14. The SMILES string of the molecule is CC(C)N(CCCO)C(=O)CNC(=O)c1ccccc1Cl. The molecule has 1 aromatic carbocycles. The Kier molecular flexibility index (Phi) is 7.19. The van der Waals surface area contributed by atoms with E-state index in [1.807, 2.05) is 13.8 Å². The van der Waals surface area contributed by atoms with Crippen LogP contribution in [0.2, 0.25) is 5.02 Å². The minimum Gasteiger partial charge on any atom is -0.396 e. The van der Waals surface area contributed by atoms with Crippen molar-refractivity contribution >= 4 is 23.4 Å². The van der Waals surface area contributed by atoms with E-state index >= 15 is 0 Å². The molecule has 21 heavy (non-hydrogen) atoms. The number of halogens is 1. The maximum Gasteiger partial charge on any atom is 0.253 e. The van der Waals surface area contributed by atoms with Crippen molar-refractivity contribution in [2.24, 2.45) is 0 Å². The average molecular weight is 313 g/mol. The summed E-state index contributed by atoms with van der Waals surface area (Å²) in [7, 11) is 0. The summed E-state index contributed by atoms with van der Waals surface area (Å²) in [6, 6.07) is 6.69. The normalized spacial score (nSPS) is 10.5. The number of aliphatic hydroxyl groups excluding tert-OH is 1. The molecule has 0 bridgehead atoms. The lowest BCUT2D eigenvalue weighted by Gasteiger charge is -2.26. The first-order valence-electron chi connectivity index (χ1n) is 6.90. The van der Waals surface area contributed by atoms with Gasteiger partial charge in [0.05, 0.1) is 17.1 Å². The number of benzene rings is 1. The smallest absolute Gasteiger partial charge is 0.253 e. The van der Waals surface area contributed by atoms with Crippen LogP contribution in [0.3, 0.4) is 0 Å². The molecule has 6 heteroatoms. The van der Waals surface area contributed by atoms with Crippen molar-refractivity contribution in [3.63, 3.8) is 0 Å². The third kappa shape index (κ3) is 5.36. The van der Waals surface area contributed by atoms with E-state index in [0.717, 1.165) is 0 Å². The van der Waals surface area contributed by atoms with Gasteiger partial charge in [-0.25, -0.2) is 0 Å². The van der Waals surface area contributed by atoms with Crippen molar-refractivity contribution in [3.8, 4) is 0 Å². The van der Waals surface area contributed by atoms with Gasteiger partial charge in [-0.15, -0.1) is 0 Å². The van der Waals surface area contributed by atoms with Crippen LogP contribution < -0.4 is 5.32 Å². The van der Waals surface area contributed by atoms with Crippen LogP contribution in [-0.4, -0.2) is 47.6 Å². The van der Waals surface area contributed by atoms with Crippen molar-refractivity contribution in [1.29, 1.82) is 0 Å². The topological polar surface area (TPSA) is 69.6 Å². The largest absolute Gasteiger partial charge is 0.396 e. The van der Waals surface area contributed by atoms with Gasteiger partial charge in [-0.1, -0.05) is 23.7 Å². The monoisotopic (exact) mass is 312 g/mol. The van der Waals surface area contributed by atoms with E-state index in [0.29, 0.717) is 23.6 Å². The standard InChI is InChI=1S/C15H21ClN2O3/c1-11(2)18(8-5-9-19)14(20)10-17-15(21)12-6-3-4-7-13(12)16/h3-4,6-7,11,19H,5,8-10H2,1-2H3,(H,17,21). The summed E-state index contributed by atoms with van der Waals surface area (Å²) in [4.78, 5) is 25.7. The second-order valence-corrected chi connectivity index (χ2v) is 5.33. The Labute approximate surface area is 129 Å². The highest BCUT2D eigenvalue weighted by molar-refractivity contribution is 6.33. The fraction of sp³-hybridized carbons (Fsp3) is 0.467. The van der Waals surface area contributed by atoms with Gasteiger partial charge in [0.25, 0.3) is 5.91 Å². The van der Waals surface area contributed by atoms with Crippen LogP contribution in [0.1, 0.15) is 30.6 Å². The zero-order chi connectivity index (χ0) is 15.8. The molecule has 0 unspecified atom stereocenters. The maximum absolute atomic E-state index is 12.1. The van der Waals surface area contributed by atoms with Crippen LogP contribution in [0.15, 0.2) is 24.3 Å². The lowest BCUT2D eigenvalue weighted by atomic mass is 10.2. The first-order chi connectivity index (χ1) is 9.97. The van der Waals surface area contributed by atoms with Gasteiger partial charge in [0, 0.05) is 19.2 Å². The maximum atomic E-state index is 12.1. The molecular formula is C15H21ClN2O3. The molecule has 116 valence electrons. The van der Waals surface area contributed by atoms with E-state index in [1.165, 1.54) is 0 Å². The Bertz CT molecular complexity index is 492. The highest BCUT2D eigenvalue weighted by atomic mass is 35.5. The second kappa shape index (κ2) is 8.64. The molecule has 2 N–H and O–H groups in total. The van der Waals surface area contributed by atoms with E-state index in [1.54, 1.807) is 29.2 Å². The van der Waals surface area contributed by atoms with E-state index < -0.39 is 0 Å². The first kappa shape index (κ1) is 17.5. The molecule has 5 nitrogen and oxygen atoms in total. The van der Waals surface area contributed by atoms with Crippen LogP contribution in [0.5, 0.6) is 0 Å². The third-order valence-corrected chi connectivity index (χ3v) is 3.35. The Balaban J connectivity index is 2.58. The molecule has 0 aliphatic heterocycles. The summed E-state index contributed by atoms with van der Waals surface area (Å²) in [5, 5.41) is 11.8. The fourth-order valence-electron chi connectivity index (χ4n) is 1.91. The number of rotatable bonds is 7. The molecule has 0 heterocycles. The fourth-order valence-corrected chi connectivity index (χ4v) is 2.13. The van der Waals surface area contributed by atoms with Crippen LogP contribution in [0.4, 0.5) is 0 Å². The summed E-state index contributed by atoms with van der Waals surface area (Å²) < 4.78 is 0. The van der Waals surface area contributed by atoms with E-state index in [4.69, 9.17) is 16.7 Å². The van der Waals surface area contributed by atoms with Crippen molar-refractivity contribution in [1.82, 2.24) is 10.2 Å². The third-order valence-electron chi connectivity index (χ3n) is 3.02. The van der Waals surface area contributed by atoms with Gasteiger partial charge in [0.1, 0.15) is 0 Å². The van der Waals surface area contributed by atoms with Crippen LogP contribution in [0, 0.1) is 0 Å². The molecule has 0 aliphatic carbocycles. The molecule has 0 atom stereocenters. The number of hydrogen-bond acceptors (Lipinski definition) is 3. The van der Waals surface area contributed by atoms with Crippen LogP contribution in [0.25, 0.3) is 0 Å². The van der Waals surface area contributed by atoms with Crippen LogP contribution in [-0.2, 0) is 4.79 Å². The second-order valence-electron chi connectivity index (χ2n) is 4.92. The Morgan fingerprint density at radius 1 is 1.33 bits per heavy atom. The predicted octanol–water partition coefficient (Wildman–Crippen LogP) is 1.69. The zero-order valence-electron chi connectivity index (χ0n) is 12.3. The molecule has 0 spiro atoms. The summed E-state index contributed by atoms with van der Waals surface area (Å²) in [5.41, 5.74) is 0.346. The molecular weight excluding hydrogens is 292 g/mol. The van der Waals surface area contributed by atoms with E-state index in [9.17, 15) is 9.59 Å². The number of nitrogens with one attached hydrogen (secondary N) is 1. The lowest BCUT2D eigenvalue weighted by molar-refractivity contribution is -0.131. The molecule has 0 radical (unpaired) electrons. The van der Waals surface area contributed by atoms with Gasteiger partial charge >= 0.3 is 0 Å². The molecule has 0 saturated heterocycles.